The number of amides is 3. The quantitative estimate of drug-likeness (QED) is 0.201. The first-order chi connectivity index (χ1) is 20.4. The molecule has 5 rings (SSSR count). The van der Waals surface area contributed by atoms with Gasteiger partial charge in [0.2, 0.25) is 0 Å². The normalized spacial score (nSPS) is 14.7. The summed E-state index contributed by atoms with van der Waals surface area (Å²) >= 11 is 2.17. The smallest absolute Gasteiger partial charge is 0.283 e. The lowest BCUT2D eigenvalue weighted by molar-refractivity contribution is -0.113. The van der Waals surface area contributed by atoms with Gasteiger partial charge in [0.05, 0.1) is 30.5 Å². The van der Waals surface area contributed by atoms with Crippen molar-refractivity contribution in [3.63, 3.8) is 0 Å². The molecule has 2 N–H and O–H groups in total. The Hall–Kier alpha value is -4.94. The predicted molar refractivity (Wildman–Crippen MR) is 165 cm³/mol. The van der Waals surface area contributed by atoms with Crippen LogP contribution in [-0.2, 0) is 4.79 Å². The zero-order valence-electron chi connectivity index (χ0n) is 22.8. The summed E-state index contributed by atoms with van der Waals surface area (Å²) in [5.41, 5.74) is 4.82. The molecule has 42 heavy (non-hydrogen) atoms. The molecule has 1 aromatic heterocycles. The number of hydrazone groups is 1. The monoisotopic (exact) mass is 599 g/mol. The van der Waals surface area contributed by atoms with Crippen LogP contribution in [0, 0.1) is 6.92 Å². The van der Waals surface area contributed by atoms with Crippen LogP contribution in [0.15, 0.2) is 88.9 Å². The average Bonchev–Trinajstić information content (AvgIpc) is 3.54. The van der Waals surface area contributed by atoms with E-state index in [9.17, 15) is 14.4 Å². The summed E-state index contributed by atoms with van der Waals surface area (Å²) in [4.78, 5) is 45.7. The molecule has 0 unspecified atom stereocenters. The van der Waals surface area contributed by atoms with Crippen molar-refractivity contribution in [1.29, 1.82) is 0 Å². The highest BCUT2D eigenvalue weighted by Crippen LogP contribution is 2.36. The van der Waals surface area contributed by atoms with Crippen molar-refractivity contribution in [3.05, 3.63) is 105 Å². The van der Waals surface area contributed by atoms with Gasteiger partial charge >= 0.3 is 0 Å². The summed E-state index contributed by atoms with van der Waals surface area (Å²) in [6.07, 6.45) is 1.76. The molecule has 12 heteroatoms. The molecular formula is C30H25N5O5S2. The van der Waals surface area contributed by atoms with Gasteiger partial charge < -0.3 is 9.47 Å². The molecule has 1 fully saturated rings. The molecule has 0 saturated carbocycles. The highest BCUT2D eigenvalue weighted by atomic mass is 32.2. The topological polar surface area (TPSA) is 122 Å². The molecule has 0 atom stereocenters. The van der Waals surface area contributed by atoms with E-state index in [4.69, 9.17) is 9.47 Å². The van der Waals surface area contributed by atoms with Crippen molar-refractivity contribution in [2.75, 3.05) is 24.4 Å². The van der Waals surface area contributed by atoms with Gasteiger partial charge in [-0.3, -0.25) is 24.6 Å². The number of anilines is 2. The molecule has 0 aliphatic carbocycles. The Morgan fingerprint density at radius 3 is 2.19 bits per heavy atom. The fraction of sp³-hybridized carbons (Fsp3) is 0.100. The van der Waals surface area contributed by atoms with Crippen LogP contribution < -0.4 is 25.1 Å². The molecule has 1 aliphatic rings. The minimum atomic E-state index is -0.518. The van der Waals surface area contributed by atoms with E-state index in [1.54, 1.807) is 63.6 Å². The Kier molecular flexibility index (Phi) is 8.65. The van der Waals surface area contributed by atoms with Gasteiger partial charge in [0.25, 0.3) is 17.7 Å². The van der Waals surface area contributed by atoms with E-state index in [-0.39, 0.29) is 27.0 Å². The molecule has 10 nitrogen and oxygen atoms in total. The van der Waals surface area contributed by atoms with E-state index < -0.39 is 5.91 Å². The molecule has 0 bridgehead atoms. The van der Waals surface area contributed by atoms with Gasteiger partial charge in [0.15, 0.2) is 10.3 Å². The van der Waals surface area contributed by atoms with Gasteiger partial charge in [0, 0.05) is 5.56 Å². The van der Waals surface area contributed by atoms with Crippen LogP contribution in [0.2, 0.25) is 0 Å². The summed E-state index contributed by atoms with van der Waals surface area (Å²) in [6.45, 7) is 1.67. The van der Waals surface area contributed by atoms with Gasteiger partial charge in [-0.2, -0.15) is 0 Å². The average molecular weight is 600 g/mol. The van der Waals surface area contributed by atoms with Crippen molar-refractivity contribution >= 4 is 62.9 Å². The molecule has 3 aromatic carbocycles. The Labute approximate surface area is 250 Å². The molecule has 0 spiro atoms. The number of aryl methyl sites for hydroxylation is 1. The highest BCUT2D eigenvalue weighted by Gasteiger charge is 2.35. The number of aromatic nitrogens is 1. The maximum absolute atomic E-state index is 13.4. The molecule has 1 saturated heterocycles. The summed E-state index contributed by atoms with van der Waals surface area (Å²) < 4.78 is 10.3. The number of nitrogens with one attached hydrogen (secondary N) is 2. The fourth-order valence-electron chi connectivity index (χ4n) is 3.93. The summed E-state index contributed by atoms with van der Waals surface area (Å²) in [5, 5.41) is 7.58. The van der Waals surface area contributed by atoms with E-state index >= 15 is 0 Å². The Morgan fingerprint density at radius 2 is 1.55 bits per heavy atom. The van der Waals surface area contributed by atoms with E-state index in [0.717, 1.165) is 28.7 Å². The number of para-hydroxylation sites is 1. The molecule has 1 aliphatic heterocycles. The maximum Gasteiger partial charge on any atom is 0.283 e. The minimum Gasteiger partial charge on any atom is -0.497 e. The van der Waals surface area contributed by atoms with E-state index in [2.05, 4.69) is 20.8 Å². The predicted octanol–water partition coefficient (Wildman–Crippen LogP) is 5.54. The van der Waals surface area contributed by atoms with Gasteiger partial charge in [-0.15, -0.1) is 5.10 Å². The number of ether oxygens (including phenoxy) is 2. The summed E-state index contributed by atoms with van der Waals surface area (Å²) in [7, 11) is 3.14. The number of amidine groups is 1. The standard InChI is InChI=1S/C30H25N5O5S2/c1-18-25(42-29(31-18)32-26(36)20-11-15-23(40-3)16-12-20)27(37)33-34-30-35(21-7-5-4-6-8-21)28(38)24(41-30)17-19-9-13-22(39-2)14-10-19/h4-17H,1-3H3,(H,33,37)(H,31,32,36)/b24-17-,34-30+. The van der Waals surface area contributed by atoms with E-state index in [1.165, 1.54) is 4.90 Å². The van der Waals surface area contributed by atoms with Crippen LogP contribution in [0.25, 0.3) is 6.08 Å². The molecular weight excluding hydrogens is 574 g/mol. The maximum atomic E-state index is 13.4. The number of carbonyl (C=O) groups excluding carboxylic acids is 3. The van der Waals surface area contributed by atoms with Crippen LogP contribution in [0.5, 0.6) is 11.5 Å². The second-order valence-corrected chi connectivity index (χ2v) is 10.8. The molecule has 0 radical (unpaired) electrons. The fourth-order valence-corrected chi connectivity index (χ4v) is 5.72. The van der Waals surface area contributed by atoms with Gasteiger partial charge in [-0.05, 0) is 78.9 Å². The number of methoxy groups -OCH3 is 2. The van der Waals surface area contributed by atoms with Crippen LogP contribution >= 0.6 is 23.1 Å². The van der Waals surface area contributed by atoms with Crippen LogP contribution in [0.4, 0.5) is 10.8 Å². The molecule has 4 aromatic rings. The third kappa shape index (κ3) is 6.35. The zero-order chi connectivity index (χ0) is 29.6. The van der Waals surface area contributed by atoms with Gasteiger partial charge in [-0.25, -0.2) is 10.4 Å². The van der Waals surface area contributed by atoms with Gasteiger partial charge in [-0.1, -0.05) is 41.7 Å². The molecule has 3 amide bonds. The number of nitrogens with zero attached hydrogens (tertiary/aromatic N) is 3. The van der Waals surface area contributed by atoms with E-state index in [0.29, 0.717) is 33.3 Å². The lowest BCUT2D eigenvalue weighted by Crippen LogP contribution is -2.31. The SMILES string of the molecule is COc1ccc(/C=C2\S/C(=N/NC(=O)c3sc(NC(=O)c4ccc(OC)cc4)nc3C)N(c3ccccc3)C2=O)cc1. The molecule has 2 heterocycles. The Bertz CT molecular complexity index is 1680. The Balaban J connectivity index is 1.34. The largest absolute Gasteiger partial charge is 0.497 e. The number of hydrogen-bond donors (Lipinski definition) is 2. The third-order valence-electron chi connectivity index (χ3n) is 6.06. The van der Waals surface area contributed by atoms with Crippen LogP contribution in [0.3, 0.4) is 0 Å². The number of carbonyl (C=O) groups is 3. The van der Waals surface area contributed by atoms with Crippen molar-refractivity contribution in [1.82, 2.24) is 10.4 Å². The van der Waals surface area contributed by atoms with Crippen molar-refractivity contribution < 1.29 is 23.9 Å². The van der Waals surface area contributed by atoms with Crippen molar-refractivity contribution in [2.45, 2.75) is 6.92 Å². The van der Waals surface area contributed by atoms with Crippen molar-refractivity contribution in [2.24, 2.45) is 5.10 Å². The highest BCUT2D eigenvalue weighted by molar-refractivity contribution is 8.19. The Morgan fingerprint density at radius 1 is 0.905 bits per heavy atom. The van der Waals surface area contributed by atoms with Crippen molar-refractivity contribution in [3.8, 4) is 11.5 Å². The first-order valence-corrected chi connectivity index (χ1v) is 14.2. The minimum absolute atomic E-state index is 0.271. The van der Waals surface area contributed by atoms with Gasteiger partial charge in [0.1, 0.15) is 16.4 Å². The second kappa shape index (κ2) is 12.7. The zero-order valence-corrected chi connectivity index (χ0v) is 24.4. The first-order valence-electron chi connectivity index (χ1n) is 12.6. The van der Waals surface area contributed by atoms with E-state index in [1.807, 2.05) is 42.5 Å². The lowest BCUT2D eigenvalue weighted by Gasteiger charge is -2.15. The number of thiazole rings is 1. The number of benzene rings is 3. The second-order valence-electron chi connectivity index (χ2n) is 8.81. The number of thioether (sulfide) groups is 1. The van der Waals surface area contributed by atoms with Crippen LogP contribution in [-0.4, -0.2) is 42.1 Å². The third-order valence-corrected chi connectivity index (χ3v) is 8.10. The summed E-state index contributed by atoms with van der Waals surface area (Å²) in [5.74, 6) is 0.187. The number of hydrogen-bond acceptors (Lipinski definition) is 9. The summed E-state index contributed by atoms with van der Waals surface area (Å²) in [6, 6.07) is 23.0. The lowest BCUT2D eigenvalue weighted by atomic mass is 10.2. The van der Waals surface area contributed by atoms with Crippen LogP contribution in [0.1, 0.15) is 31.3 Å². The molecule has 212 valence electrons. The first kappa shape index (κ1) is 28.6. The number of rotatable bonds is 8.